The van der Waals surface area contributed by atoms with Gasteiger partial charge in [0, 0.05) is 25.1 Å². The lowest BCUT2D eigenvalue weighted by atomic mass is 9.82. The van der Waals surface area contributed by atoms with Crippen molar-refractivity contribution in [1.29, 1.82) is 0 Å². The van der Waals surface area contributed by atoms with E-state index >= 15 is 0 Å². The van der Waals surface area contributed by atoms with Crippen LogP contribution in [0.4, 0.5) is 0 Å². The molecule has 2 aliphatic heterocycles. The molecule has 3 rings (SSSR count). The van der Waals surface area contributed by atoms with Crippen molar-refractivity contribution in [2.24, 2.45) is 5.73 Å². The first-order valence-corrected chi connectivity index (χ1v) is 10.3. The van der Waals surface area contributed by atoms with Crippen molar-refractivity contribution in [1.82, 2.24) is 10.4 Å². The molecule has 2 atom stereocenters. The van der Waals surface area contributed by atoms with Gasteiger partial charge in [0.2, 0.25) is 0 Å². The van der Waals surface area contributed by atoms with E-state index in [1.54, 1.807) is 0 Å². The van der Waals surface area contributed by atoms with Gasteiger partial charge in [-0.1, -0.05) is 17.7 Å². The normalized spacial score (nSPS) is 26.6. The van der Waals surface area contributed by atoms with Crippen LogP contribution in [0.15, 0.2) is 23.3 Å². The molecule has 0 aromatic carbocycles. The minimum absolute atomic E-state index is 0.0458. The van der Waals surface area contributed by atoms with Gasteiger partial charge in [0.1, 0.15) is 0 Å². The van der Waals surface area contributed by atoms with E-state index in [1.807, 2.05) is 6.92 Å². The second-order valence-corrected chi connectivity index (χ2v) is 8.00. The Morgan fingerprint density at radius 1 is 1.44 bits per heavy atom. The fourth-order valence-corrected chi connectivity index (χ4v) is 4.30. The zero-order chi connectivity index (χ0) is 19.3. The average molecular weight is 380 g/mol. The maximum absolute atomic E-state index is 11.4. The summed E-state index contributed by atoms with van der Waals surface area (Å²) in [6.45, 7) is 5.31. The number of hydroxylamine groups is 1. The molecule has 2 saturated heterocycles. The van der Waals surface area contributed by atoms with Gasteiger partial charge in [0.25, 0.3) is 0 Å². The monoisotopic (exact) mass is 379 g/mol. The van der Waals surface area contributed by atoms with Crippen molar-refractivity contribution in [3.63, 3.8) is 0 Å². The first-order chi connectivity index (χ1) is 13.0. The summed E-state index contributed by atoms with van der Waals surface area (Å²) in [5.41, 5.74) is 15.7. The number of carbonyl (C=O) groups excluding carboxylic acids is 1. The Labute approximate surface area is 162 Å². The summed E-state index contributed by atoms with van der Waals surface area (Å²) in [7, 11) is 0. The van der Waals surface area contributed by atoms with E-state index in [0.29, 0.717) is 19.1 Å². The lowest BCUT2D eigenvalue weighted by molar-refractivity contribution is -0.405. The number of ether oxygens (including phenoxy) is 1. The smallest absolute Gasteiger partial charge is 0.305 e. The zero-order valence-corrected chi connectivity index (χ0v) is 16.5. The van der Waals surface area contributed by atoms with Gasteiger partial charge < -0.3 is 15.4 Å². The molecule has 7 heteroatoms. The molecule has 6 N–H and O–H groups in total. The number of hydrogen-bond acceptors (Lipinski definition) is 6. The number of allylic oxidation sites excluding steroid dienone is 2. The third-order valence-corrected chi connectivity index (χ3v) is 6.06. The van der Waals surface area contributed by atoms with Gasteiger partial charge in [-0.25, -0.2) is 0 Å². The van der Waals surface area contributed by atoms with Crippen LogP contribution in [0.25, 0.3) is 0 Å². The second kappa shape index (κ2) is 9.30. The molecule has 2 fully saturated rings. The largest absolute Gasteiger partial charge is 0.466 e. The number of nitrogens with one attached hydrogen (secondary N) is 1. The molecule has 0 amide bonds. The van der Waals surface area contributed by atoms with E-state index in [4.69, 9.17) is 15.3 Å². The van der Waals surface area contributed by atoms with Crippen LogP contribution in [-0.4, -0.2) is 54.9 Å². The maximum Gasteiger partial charge on any atom is 0.305 e. The number of likely N-dealkylation sites (tertiary alicyclic amines) is 1. The third kappa shape index (κ3) is 5.39. The molecule has 2 unspecified atom stereocenters. The van der Waals surface area contributed by atoms with Gasteiger partial charge in [-0.05, 0) is 52.0 Å². The highest BCUT2D eigenvalue weighted by molar-refractivity contribution is 5.69. The molecule has 0 radical (unpaired) electrons. The molecule has 0 saturated carbocycles. The third-order valence-electron chi connectivity index (χ3n) is 6.06. The predicted octanol–water partition coefficient (Wildman–Crippen LogP) is 0.631. The first-order valence-electron chi connectivity index (χ1n) is 10.3. The molecular weight excluding hydrogens is 344 g/mol. The Morgan fingerprint density at radius 2 is 2.22 bits per heavy atom. The molecule has 152 valence electrons. The van der Waals surface area contributed by atoms with Crippen molar-refractivity contribution < 1.29 is 20.1 Å². The lowest BCUT2D eigenvalue weighted by Gasteiger charge is -2.37. The molecule has 2 heterocycles. The summed E-state index contributed by atoms with van der Waals surface area (Å²) in [5, 5.41) is 0. The van der Waals surface area contributed by atoms with Crippen molar-refractivity contribution >= 4 is 5.97 Å². The van der Waals surface area contributed by atoms with Crippen LogP contribution in [0.2, 0.25) is 0 Å². The molecule has 0 aromatic rings. The van der Waals surface area contributed by atoms with Crippen molar-refractivity contribution in [2.45, 2.75) is 69.7 Å². The summed E-state index contributed by atoms with van der Waals surface area (Å²) in [6.07, 6.45) is 10.7. The number of quaternary nitrogens is 1. The standard InChI is InChI=1S/C20H34N4O3/c1-2-26-18(25)4-3-11-24-12-9-20(10-13-24)14-17(23-27-20)15-5-7-16(8-6-15)19(21)22/h5,7,17,19,23H,2-4,6,8-14,21-22H2,1H3/p+1. The molecule has 1 aliphatic carbocycles. The van der Waals surface area contributed by atoms with Gasteiger partial charge in [0.15, 0.2) is 6.17 Å². The Hall–Kier alpha value is -1.25. The Bertz CT molecular complexity index is 580. The van der Waals surface area contributed by atoms with Crippen LogP contribution in [0.1, 0.15) is 51.9 Å². The van der Waals surface area contributed by atoms with Crippen LogP contribution in [0.5, 0.6) is 0 Å². The minimum Gasteiger partial charge on any atom is -0.466 e. The number of nitrogens with two attached hydrogens (primary N) is 1. The van der Waals surface area contributed by atoms with Gasteiger partial charge in [-0.15, -0.1) is 0 Å². The maximum atomic E-state index is 11.4. The SMILES string of the molecule is CCOC(=O)CCCN1CCC2(CC1)CC(C1=CC=C(C(N)[NH3+])CC1)NO2. The summed E-state index contributed by atoms with van der Waals surface area (Å²) < 4.78 is 4.99. The van der Waals surface area contributed by atoms with E-state index in [9.17, 15) is 4.79 Å². The van der Waals surface area contributed by atoms with Crippen molar-refractivity contribution in [3.8, 4) is 0 Å². The number of carbonyl (C=O) groups is 1. The molecule has 27 heavy (non-hydrogen) atoms. The Balaban J connectivity index is 1.42. The van der Waals surface area contributed by atoms with E-state index in [2.05, 4.69) is 28.3 Å². The highest BCUT2D eigenvalue weighted by atomic mass is 16.7. The number of rotatable bonds is 7. The summed E-state index contributed by atoms with van der Waals surface area (Å²) in [4.78, 5) is 20.0. The van der Waals surface area contributed by atoms with Crippen molar-refractivity contribution in [2.75, 3.05) is 26.2 Å². The molecule has 7 nitrogen and oxygen atoms in total. The van der Waals surface area contributed by atoms with Crippen LogP contribution in [0.3, 0.4) is 0 Å². The zero-order valence-electron chi connectivity index (χ0n) is 16.5. The fourth-order valence-electron chi connectivity index (χ4n) is 4.30. The summed E-state index contributed by atoms with van der Waals surface area (Å²) in [5.74, 6) is -0.0880. The highest BCUT2D eigenvalue weighted by Crippen LogP contribution is 2.38. The lowest BCUT2D eigenvalue weighted by Crippen LogP contribution is -2.67. The second-order valence-electron chi connectivity index (χ2n) is 8.00. The molecule has 0 bridgehead atoms. The predicted molar refractivity (Wildman–Crippen MR) is 103 cm³/mol. The van der Waals surface area contributed by atoms with Crippen LogP contribution < -0.4 is 16.9 Å². The van der Waals surface area contributed by atoms with E-state index in [-0.39, 0.29) is 17.7 Å². The van der Waals surface area contributed by atoms with E-state index < -0.39 is 0 Å². The Morgan fingerprint density at radius 3 is 2.85 bits per heavy atom. The molecule has 1 spiro atoms. The van der Waals surface area contributed by atoms with Crippen LogP contribution in [-0.2, 0) is 14.4 Å². The van der Waals surface area contributed by atoms with Crippen LogP contribution in [0, 0.1) is 0 Å². The topological polar surface area (TPSA) is 104 Å². The molecule has 0 aromatic heterocycles. The van der Waals surface area contributed by atoms with Gasteiger partial charge >= 0.3 is 5.97 Å². The summed E-state index contributed by atoms with van der Waals surface area (Å²) in [6, 6.07) is 0.305. The minimum atomic E-state index is -0.102. The number of esters is 1. The first kappa shape index (κ1) is 20.5. The van der Waals surface area contributed by atoms with Gasteiger partial charge in [-0.2, -0.15) is 5.48 Å². The average Bonchev–Trinajstić information content (AvgIpc) is 3.08. The van der Waals surface area contributed by atoms with Gasteiger partial charge in [-0.3, -0.25) is 15.4 Å². The molecular formula is C20H35N4O3+. The van der Waals surface area contributed by atoms with E-state index in [0.717, 1.165) is 58.2 Å². The highest BCUT2D eigenvalue weighted by Gasteiger charge is 2.44. The van der Waals surface area contributed by atoms with Crippen LogP contribution >= 0.6 is 0 Å². The van der Waals surface area contributed by atoms with Crippen molar-refractivity contribution in [3.05, 3.63) is 23.3 Å². The van der Waals surface area contributed by atoms with E-state index in [1.165, 1.54) is 11.1 Å². The van der Waals surface area contributed by atoms with Gasteiger partial charge in [0.05, 0.1) is 18.2 Å². The summed E-state index contributed by atoms with van der Waals surface area (Å²) >= 11 is 0. The molecule has 3 aliphatic rings. The fraction of sp³-hybridized carbons (Fsp3) is 0.750. The number of nitrogens with zero attached hydrogens (tertiary/aromatic N) is 1. The quantitative estimate of drug-likeness (QED) is 0.443. The Kier molecular flexibility index (Phi) is 7.05. The number of piperidine rings is 1. The number of hydrogen-bond donors (Lipinski definition) is 3.